The van der Waals surface area contributed by atoms with Gasteiger partial charge in [-0.05, 0) is 57.1 Å². The second kappa shape index (κ2) is 6.54. The number of likely N-dealkylation sites (tertiary alicyclic amines) is 1. The molecule has 1 saturated heterocycles. The number of para-hydroxylation sites is 1. The van der Waals surface area contributed by atoms with E-state index in [1.54, 1.807) is 0 Å². The molecule has 3 nitrogen and oxygen atoms in total. The molecule has 2 atom stereocenters. The number of aromatic nitrogens is 1. The first-order valence-electron chi connectivity index (χ1n) is 8.06. The van der Waals surface area contributed by atoms with E-state index in [1.807, 2.05) is 12.3 Å². The molecule has 3 heteroatoms. The summed E-state index contributed by atoms with van der Waals surface area (Å²) in [7, 11) is 2.24. The van der Waals surface area contributed by atoms with E-state index in [9.17, 15) is 0 Å². The fourth-order valence-corrected chi connectivity index (χ4v) is 3.56. The molecule has 0 bridgehead atoms. The first-order valence-corrected chi connectivity index (χ1v) is 8.06. The molecular formula is C18H25N3. The number of rotatable bonds is 5. The molecule has 1 aromatic carbocycles. The summed E-state index contributed by atoms with van der Waals surface area (Å²) in [5, 5.41) is 4.84. The molecule has 21 heavy (non-hydrogen) atoms. The Morgan fingerprint density at radius 1 is 1.29 bits per heavy atom. The van der Waals surface area contributed by atoms with Crippen molar-refractivity contribution >= 4 is 10.9 Å². The minimum absolute atomic E-state index is 0.480. The molecule has 2 aromatic rings. The van der Waals surface area contributed by atoms with Crippen molar-refractivity contribution in [2.45, 2.75) is 25.8 Å². The van der Waals surface area contributed by atoms with Gasteiger partial charge in [0.25, 0.3) is 0 Å². The maximum atomic E-state index is 4.64. The summed E-state index contributed by atoms with van der Waals surface area (Å²) in [6.45, 7) is 5.61. The minimum Gasteiger partial charge on any atom is -0.316 e. The lowest BCUT2D eigenvalue weighted by Crippen LogP contribution is -2.29. The second-order valence-corrected chi connectivity index (χ2v) is 6.10. The van der Waals surface area contributed by atoms with Gasteiger partial charge < -0.3 is 5.32 Å². The van der Waals surface area contributed by atoms with E-state index in [-0.39, 0.29) is 0 Å². The summed E-state index contributed by atoms with van der Waals surface area (Å²) in [5.41, 5.74) is 2.55. The summed E-state index contributed by atoms with van der Waals surface area (Å²) in [5.74, 6) is 0.675. The van der Waals surface area contributed by atoms with Gasteiger partial charge in [0.05, 0.1) is 5.52 Å². The number of hydrogen-bond acceptors (Lipinski definition) is 3. The fraction of sp³-hybridized carbons (Fsp3) is 0.500. The predicted molar refractivity (Wildman–Crippen MR) is 88.4 cm³/mol. The van der Waals surface area contributed by atoms with E-state index in [0.717, 1.165) is 13.1 Å². The molecule has 1 N–H and O–H groups in total. The minimum atomic E-state index is 0.480. The van der Waals surface area contributed by atoms with Crippen LogP contribution in [0.1, 0.15) is 31.4 Å². The van der Waals surface area contributed by atoms with Crippen LogP contribution in [0.2, 0.25) is 0 Å². The fourth-order valence-electron chi connectivity index (χ4n) is 3.56. The number of benzene rings is 1. The SMILES string of the molecule is CCCNCC1CCN(C)C1c1cccc2cccnc12. The smallest absolute Gasteiger partial charge is 0.0749 e. The largest absolute Gasteiger partial charge is 0.316 e. The molecule has 112 valence electrons. The third-order valence-electron chi connectivity index (χ3n) is 4.59. The van der Waals surface area contributed by atoms with E-state index < -0.39 is 0 Å². The van der Waals surface area contributed by atoms with Gasteiger partial charge in [0.15, 0.2) is 0 Å². The molecular weight excluding hydrogens is 258 g/mol. The van der Waals surface area contributed by atoms with Crippen LogP contribution in [-0.4, -0.2) is 36.6 Å². The van der Waals surface area contributed by atoms with Gasteiger partial charge in [0.1, 0.15) is 0 Å². The van der Waals surface area contributed by atoms with Crippen molar-refractivity contribution in [2.24, 2.45) is 5.92 Å². The van der Waals surface area contributed by atoms with Crippen molar-refractivity contribution in [2.75, 3.05) is 26.7 Å². The average Bonchev–Trinajstić information content (AvgIpc) is 2.88. The lowest BCUT2D eigenvalue weighted by molar-refractivity contribution is 0.273. The standard InChI is InChI=1S/C18H25N3/c1-3-10-19-13-15-9-12-21(2)18(15)16-8-4-6-14-7-5-11-20-17(14)16/h4-8,11,15,18-19H,3,9-10,12-13H2,1-2H3. The van der Waals surface area contributed by atoms with Crippen LogP contribution in [0.25, 0.3) is 10.9 Å². The normalized spacial score (nSPS) is 23.0. The van der Waals surface area contributed by atoms with Crippen molar-refractivity contribution < 1.29 is 0 Å². The van der Waals surface area contributed by atoms with Gasteiger partial charge >= 0.3 is 0 Å². The topological polar surface area (TPSA) is 28.2 Å². The lowest BCUT2D eigenvalue weighted by atomic mass is 9.92. The Hall–Kier alpha value is -1.45. The highest BCUT2D eigenvalue weighted by atomic mass is 15.2. The van der Waals surface area contributed by atoms with Crippen molar-refractivity contribution in [3.05, 3.63) is 42.1 Å². The lowest BCUT2D eigenvalue weighted by Gasteiger charge is -2.26. The van der Waals surface area contributed by atoms with Crippen LogP contribution in [-0.2, 0) is 0 Å². The highest BCUT2D eigenvalue weighted by Gasteiger charge is 2.33. The molecule has 1 aromatic heterocycles. The molecule has 0 saturated carbocycles. The monoisotopic (exact) mass is 283 g/mol. The Balaban J connectivity index is 1.91. The van der Waals surface area contributed by atoms with Gasteiger partial charge in [0, 0.05) is 17.6 Å². The van der Waals surface area contributed by atoms with E-state index in [4.69, 9.17) is 0 Å². The maximum absolute atomic E-state index is 4.64. The van der Waals surface area contributed by atoms with Gasteiger partial charge in [-0.25, -0.2) is 0 Å². The van der Waals surface area contributed by atoms with Crippen molar-refractivity contribution in [1.82, 2.24) is 15.2 Å². The molecule has 1 aliphatic heterocycles. The van der Waals surface area contributed by atoms with Gasteiger partial charge in [-0.3, -0.25) is 9.88 Å². The number of fused-ring (bicyclic) bond motifs is 1. The Labute approximate surface area is 127 Å². The van der Waals surface area contributed by atoms with Crippen LogP contribution in [0, 0.1) is 5.92 Å². The molecule has 0 spiro atoms. The first-order chi connectivity index (χ1) is 10.3. The zero-order valence-electron chi connectivity index (χ0n) is 13.0. The molecule has 0 aliphatic carbocycles. The highest BCUT2D eigenvalue weighted by Crippen LogP contribution is 2.38. The van der Waals surface area contributed by atoms with Crippen LogP contribution >= 0.6 is 0 Å². The maximum Gasteiger partial charge on any atom is 0.0749 e. The molecule has 2 unspecified atom stereocenters. The summed E-state index contributed by atoms with van der Waals surface area (Å²) in [4.78, 5) is 7.13. The van der Waals surface area contributed by atoms with Crippen LogP contribution in [0.5, 0.6) is 0 Å². The second-order valence-electron chi connectivity index (χ2n) is 6.10. The summed E-state index contributed by atoms with van der Waals surface area (Å²) < 4.78 is 0. The number of pyridine rings is 1. The van der Waals surface area contributed by atoms with Crippen molar-refractivity contribution in [3.8, 4) is 0 Å². The molecule has 3 rings (SSSR count). The zero-order chi connectivity index (χ0) is 14.7. The van der Waals surface area contributed by atoms with E-state index in [2.05, 4.69) is 53.4 Å². The number of hydrogen-bond donors (Lipinski definition) is 1. The van der Waals surface area contributed by atoms with Crippen LogP contribution in [0.3, 0.4) is 0 Å². The summed E-state index contributed by atoms with van der Waals surface area (Å²) in [6, 6.07) is 11.2. The zero-order valence-corrected chi connectivity index (χ0v) is 13.0. The third kappa shape index (κ3) is 2.94. The predicted octanol–water partition coefficient (Wildman–Crippen LogP) is 3.23. The van der Waals surface area contributed by atoms with Crippen molar-refractivity contribution in [3.63, 3.8) is 0 Å². The molecule has 2 heterocycles. The summed E-state index contributed by atoms with van der Waals surface area (Å²) in [6.07, 6.45) is 4.37. The Morgan fingerprint density at radius 3 is 3.00 bits per heavy atom. The van der Waals surface area contributed by atoms with Crippen LogP contribution < -0.4 is 5.32 Å². The average molecular weight is 283 g/mol. The Kier molecular flexibility index (Phi) is 4.51. The van der Waals surface area contributed by atoms with Crippen molar-refractivity contribution in [1.29, 1.82) is 0 Å². The molecule has 0 radical (unpaired) electrons. The Morgan fingerprint density at radius 2 is 2.14 bits per heavy atom. The van der Waals surface area contributed by atoms with Gasteiger partial charge in [-0.1, -0.05) is 31.2 Å². The first kappa shape index (κ1) is 14.5. The molecule has 1 aliphatic rings. The van der Waals surface area contributed by atoms with E-state index in [0.29, 0.717) is 12.0 Å². The van der Waals surface area contributed by atoms with Gasteiger partial charge in [-0.15, -0.1) is 0 Å². The van der Waals surface area contributed by atoms with E-state index >= 15 is 0 Å². The van der Waals surface area contributed by atoms with Gasteiger partial charge in [-0.2, -0.15) is 0 Å². The third-order valence-corrected chi connectivity index (χ3v) is 4.59. The van der Waals surface area contributed by atoms with Crippen LogP contribution in [0.4, 0.5) is 0 Å². The quantitative estimate of drug-likeness (QED) is 0.854. The number of nitrogens with zero attached hydrogens (tertiary/aromatic N) is 2. The Bertz CT molecular complexity index is 591. The summed E-state index contributed by atoms with van der Waals surface area (Å²) >= 11 is 0. The molecule has 0 amide bonds. The molecule has 1 fully saturated rings. The highest BCUT2D eigenvalue weighted by molar-refractivity contribution is 5.82. The van der Waals surface area contributed by atoms with E-state index in [1.165, 1.54) is 35.9 Å². The number of nitrogens with one attached hydrogen (secondary N) is 1. The van der Waals surface area contributed by atoms with Crippen LogP contribution in [0.15, 0.2) is 36.5 Å². The van der Waals surface area contributed by atoms with Gasteiger partial charge in [0.2, 0.25) is 0 Å².